The fraction of sp³-hybridized carbons (Fsp3) is 0.429. The van der Waals surface area contributed by atoms with E-state index in [9.17, 15) is 10.1 Å². The van der Waals surface area contributed by atoms with Crippen LogP contribution in [0.4, 0.5) is 5.69 Å². The number of nitro groups is 1. The Hall–Kier alpha value is -2.28. The minimum Gasteiger partial charge on any atom is -0.339 e. The lowest BCUT2D eigenvalue weighted by Crippen LogP contribution is -2.27. The van der Waals surface area contributed by atoms with E-state index in [2.05, 4.69) is 15.5 Å². The van der Waals surface area contributed by atoms with Crippen LogP contribution in [0.2, 0.25) is 0 Å². The third-order valence-electron chi connectivity index (χ3n) is 3.98. The Morgan fingerprint density at radius 1 is 1.33 bits per heavy atom. The van der Waals surface area contributed by atoms with Crippen molar-refractivity contribution in [1.82, 2.24) is 15.5 Å². The van der Waals surface area contributed by atoms with Crippen LogP contribution < -0.4 is 5.32 Å². The molecule has 7 heteroatoms. The standard InChI is InChI=1S/C14H16N4O3/c1-15-12-4-2-3-11(12)14-16-13(17-21-14)9-5-7-10(8-6-9)18(19)20/h5-8,11-12,15H,2-4H2,1H3. The number of nitro benzene ring substituents is 1. The lowest BCUT2D eigenvalue weighted by molar-refractivity contribution is -0.384. The molecule has 0 aliphatic heterocycles. The van der Waals surface area contributed by atoms with Crippen LogP contribution in [-0.2, 0) is 0 Å². The Morgan fingerprint density at radius 3 is 2.76 bits per heavy atom. The molecular weight excluding hydrogens is 272 g/mol. The van der Waals surface area contributed by atoms with Gasteiger partial charge in [0.1, 0.15) is 0 Å². The lowest BCUT2D eigenvalue weighted by Gasteiger charge is -2.14. The molecule has 1 aliphatic rings. The summed E-state index contributed by atoms with van der Waals surface area (Å²) in [7, 11) is 1.94. The summed E-state index contributed by atoms with van der Waals surface area (Å²) >= 11 is 0. The maximum Gasteiger partial charge on any atom is 0.269 e. The van der Waals surface area contributed by atoms with Crippen LogP contribution in [-0.4, -0.2) is 28.2 Å². The number of hydrogen-bond donors (Lipinski definition) is 1. The molecule has 1 saturated carbocycles. The van der Waals surface area contributed by atoms with Gasteiger partial charge in [0.2, 0.25) is 11.7 Å². The largest absolute Gasteiger partial charge is 0.339 e. The Bertz CT molecular complexity index is 638. The van der Waals surface area contributed by atoms with Gasteiger partial charge in [0.05, 0.1) is 10.8 Å². The van der Waals surface area contributed by atoms with Crippen molar-refractivity contribution in [2.45, 2.75) is 31.2 Å². The summed E-state index contributed by atoms with van der Waals surface area (Å²) in [5.41, 5.74) is 0.767. The molecular formula is C14H16N4O3. The SMILES string of the molecule is CNC1CCCC1c1nc(-c2ccc([N+](=O)[O-])cc2)no1. The van der Waals surface area contributed by atoms with Crippen molar-refractivity contribution in [3.63, 3.8) is 0 Å². The monoisotopic (exact) mass is 288 g/mol. The molecule has 1 heterocycles. The molecule has 0 bridgehead atoms. The van der Waals surface area contributed by atoms with Crippen molar-refractivity contribution in [3.8, 4) is 11.4 Å². The van der Waals surface area contributed by atoms with Crippen LogP contribution >= 0.6 is 0 Å². The molecule has 3 rings (SSSR count). The normalized spacial score (nSPS) is 21.6. The zero-order valence-electron chi connectivity index (χ0n) is 11.7. The minimum absolute atomic E-state index is 0.0495. The molecule has 1 aromatic heterocycles. The van der Waals surface area contributed by atoms with Crippen LogP contribution in [0, 0.1) is 10.1 Å². The van der Waals surface area contributed by atoms with E-state index in [-0.39, 0.29) is 11.6 Å². The number of nitrogens with one attached hydrogen (secondary N) is 1. The molecule has 2 atom stereocenters. The fourth-order valence-corrected chi connectivity index (χ4v) is 2.84. The molecule has 110 valence electrons. The summed E-state index contributed by atoms with van der Waals surface area (Å²) in [6.07, 6.45) is 3.29. The molecule has 2 unspecified atom stereocenters. The highest BCUT2D eigenvalue weighted by Crippen LogP contribution is 2.34. The van der Waals surface area contributed by atoms with Gasteiger partial charge in [-0.05, 0) is 32.0 Å². The van der Waals surface area contributed by atoms with Gasteiger partial charge >= 0.3 is 0 Å². The minimum atomic E-state index is -0.429. The number of nitrogens with zero attached hydrogens (tertiary/aromatic N) is 3. The van der Waals surface area contributed by atoms with Gasteiger partial charge in [-0.1, -0.05) is 11.6 Å². The van der Waals surface area contributed by atoms with Gasteiger partial charge in [-0.25, -0.2) is 0 Å². The number of hydrogen-bond acceptors (Lipinski definition) is 6. The molecule has 2 aromatic rings. The summed E-state index contributed by atoms with van der Waals surface area (Å²) in [4.78, 5) is 14.7. The number of non-ortho nitro benzene ring substituents is 1. The highest BCUT2D eigenvalue weighted by atomic mass is 16.6. The van der Waals surface area contributed by atoms with E-state index in [4.69, 9.17) is 4.52 Å². The van der Waals surface area contributed by atoms with Crippen LogP contribution in [0.15, 0.2) is 28.8 Å². The second-order valence-corrected chi connectivity index (χ2v) is 5.19. The van der Waals surface area contributed by atoms with E-state index in [1.165, 1.54) is 12.1 Å². The maximum atomic E-state index is 10.6. The topological polar surface area (TPSA) is 94.1 Å². The molecule has 0 spiro atoms. The van der Waals surface area contributed by atoms with Crippen LogP contribution in [0.25, 0.3) is 11.4 Å². The molecule has 1 aromatic carbocycles. The first kappa shape index (κ1) is 13.7. The number of benzene rings is 1. The van der Waals surface area contributed by atoms with Gasteiger partial charge in [0.25, 0.3) is 5.69 Å². The van der Waals surface area contributed by atoms with Crippen LogP contribution in [0.1, 0.15) is 31.1 Å². The molecule has 21 heavy (non-hydrogen) atoms. The predicted molar refractivity (Wildman–Crippen MR) is 75.8 cm³/mol. The second-order valence-electron chi connectivity index (χ2n) is 5.19. The van der Waals surface area contributed by atoms with E-state index in [0.717, 1.165) is 24.8 Å². The van der Waals surface area contributed by atoms with Crippen LogP contribution in [0.5, 0.6) is 0 Å². The molecule has 0 radical (unpaired) electrons. The smallest absolute Gasteiger partial charge is 0.269 e. The van der Waals surface area contributed by atoms with E-state index in [1.54, 1.807) is 12.1 Å². The fourth-order valence-electron chi connectivity index (χ4n) is 2.84. The Balaban J connectivity index is 1.82. The molecule has 0 amide bonds. The quantitative estimate of drug-likeness (QED) is 0.686. The van der Waals surface area contributed by atoms with E-state index >= 15 is 0 Å². The average Bonchev–Trinajstić information content (AvgIpc) is 3.15. The summed E-state index contributed by atoms with van der Waals surface area (Å²) in [6, 6.07) is 6.53. The van der Waals surface area contributed by atoms with Crippen molar-refractivity contribution in [1.29, 1.82) is 0 Å². The zero-order chi connectivity index (χ0) is 14.8. The lowest BCUT2D eigenvalue weighted by atomic mass is 10.0. The maximum absolute atomic E-state index is 10.6. The number of likely N-dealkylation sites (N-methyl/N-ethyl adjacent to an activating group) is 1. The van der Waals surface area contributed by atoms with E-state index < -0.39 is 4.92 Å². The highest BCUT2D eigenvalue weighted by Gasteiger charge is 2.31. The number of rotatable bonds is 4. The van der Waals surface area contributed by atoms with Gasteiger partial charge in [-0.15, -0.1) is 0 Å². The summed E-state index contributed by atoms with van der Waals surface area (Å²) in [5, 5.41) is 17.9. The molecule has 1 fully saturated rings. The average molecular weight is 288 g/mol. The number of aromatic nitrogens is 2. The molecule has 1 N–H and O–H groups in total. The predicted octanol–water partition coefficient (Wildman–Crippen LogP) is 2.50. The van der Waals surface area contributed by atoms with Gasteiger partial charge in [0.15, 0.2) is 0 Å². The first-order valence-electron chi connectivity index (χ1n) is 6.94. The first-order valence-corrected chi connectivity index (χ1v) is 6.94. The van der Waals surface area contributed by atoms with Gasteiger partial charge < -0.3 is 9.84 Å². The highest BCUT2D eigenvalue weighted by molar-refractivity contribution is 5.56. The third kappa shape index (κ3) is 2.64. The molecule has 1 aliphatic carbocycles. The Morgan fingerprint density at radius 2 is 2.10 bits per heavy atom. The van der Waals surface area contributed by atoms with Gasteiger partial charge in [-0.2, -0.15) is 4.98 Å². The van der Waals surface area contributed by atoms with Gasteiger partial charge in [-0.3, -0.25) is 10.1 Å². The van der Waals surface area contributed by atoms with Crippen molar-refractivity contribution >= 4 is 5.69 Å². The summed E-state index contributed by atoms with van der Waals surface area (Å²) < 4.78 is 5.38. The van der Waals surface area contributed by atoms with Crippen LogP contribution in [0.3, 0.4) is 0 Å². The van der Waals surface area contributed by atoms with Crippen molar-refractivity contribution < 1.29 is 9.45 Å². The Kier molecular flexibility index (Phi) is 3.66. The summed E-state index contributed by atoms with van der Waals surface area (Å²) in [6.45, 7) is 0. The summed E-state index contributed by atoms with van der Waals surface area (Å²) in [5.74, 6) is 1.36. The zero-order valence-corrected chi connectivity index (χ0v) is 11.7. The second kappa shape index (κ2) is 5.61. The van der Waals surface area contributed by atoms with Crippen molar-refractivity contribution in [2.24, 2.45) is 0 Å². The Labute approximate surface area is 121 Å². The first-order chi connectivity index (χ1) is 10.2. The molecule has 0 saturated heterocycles. The van der Waals surface area contributed by atoms with Gasteiger partial charge in [0, 0.05) is 23.7 Å². The third-order valence-corrected chi connectivity index (χ3v) is 3.98. The van der Waals surface area contributed by atoms with Crippen molar-refractivity contribution in [2.75, 3.05) is 7.05 Å². The van der Waals surface area contributed by atoms with E-state index in [0.29, 0.717) is 17.8 Å². The van der Waals surface area contributed by atoms with Crippen molar-refractivity contribution in [3.05, 3.63) is 40.3 Å². The molecule has 7 nitrogen and oxygen atoms in total. The van der Waals surface area contributed by atoms with E-state index in [1.807, 2.05) is 7.05 Å².